The van der Waals surface area contributed by atoms with Gasteiger partial charge in [0.25, 0.3) is 0 Å². The number of hydrogen-bond acceptors (Lipinski definition) is 2. The molecule has 0 radical (unpaired) electrons. The zero-order valence-corrected chi connectivity index (χ0v) is 11.6. The quantitative estimate of drug-likeness (QED) is 0.485. The summed E-state index contributed by atoms with van der Waals surface area (Å²) in [6, 6.07) is 0. The van der Waals surface area contributed by atoms with Crippen molar-refractivity contribution < 1.29 is 9.53 Å². The number of methoxy groups -OCH3 is 1. The third-order valence-electron chi connectivity index (χ3n) is 1.62. The van der Waals surface area contributed by atoms with E-state index in [9.17, 15) is 4.79 Å². The third kappa shape index (κ3) is 10.9. The fourth-order valence-corrected chi connectivity index (χ4v) is 0.421. The smallest absolute Gasteiger partial charge is 0.311 e. The molecule has 0 spiro atoms. The molecule has 0 amide bonds. The van der Waals surface area contributed by atoms with Crippen molar-refractivity contribution in [1.29, 1.82) is 0 Å². The summed E-state index contributed by atoms with van der Waals surface area (Å²) in [6.45, 7) is 5.72. The molecule has 0 N–H and O–H groups in total. The summed E-state index contributed by atoms with van der Waals surface area (Å²) >= 11 is 4.24. The largest absolute Gasteiger partial charge is 0.469 e. The molecule has 0 atom stereocenters. The first kappa shape index (κ1) is 23.6. The Hall–Kier alpha value is 0.930. The lowest BCUT2D eigenvalue weighted by atomic mass is 9.91. The molecule has 0 unspecified atom stereocenters. The third-order valence-corrected chi connectivity index (χ3v) is 1.62. The number of rotatable bonds is 2. The zero-order valence-electron chi connectivity index (χ0n) is 7.28. The molecule has 0 aliphatic rings. The van der Waals surface area contributed by atoms with Crippen LogP contribution in [-0.4, -0.2) is 13.1 Å². The Morgan fingerprint density at radius 2 is 1.62 bits per heavy atom. The van der Waals surface area contributed by atoms with Gasteiger partial charge in [-0.25, -0.2) is 0 Å². The van der Waals surface area contributed by atoms with Gasteiger partial charge in [-0.1, -0.05) is 21.8 Å². The van der Waals surface area contributed by atoms with Crippen LogP contribution in [0.25, 0.3) is 0 Å². The highest BCUT2D eigenvalue weighted by molar-refractivity contribution is 15.0. The predicted octanol–water partition coefficient (Wildman–Crippen LogP) is 4.64. The Labute approximate surface area is 107 Å². The van der Waals surface area contributed by atoms with E-state index in [0.717, 1.165) is 6.42 Å². The molecule has 13 heavy (non-hydrogen) atoms. The van der Waals surface area contributed by atoms with E-state index >= 15 is 0 Å². The first-order chi connectivity index (χ1) is 5.04. The number of carbonyl (C=O) groups excluding carboxylic acids is 1. The van der Waals surface area contributed by atoms with Crippen LogP contribution in [0.15, 0.2) is 0 Å². The molecule has 0 bridgehead atoms. The van der Waals surface area contributed by atoms with Crippen LogP contribution in [0.3, 0.4) is 0 Å². The molecule has 0 aliphatic heterocycles. The van der Waals surface area contributed by atoms with Crippen LogP contribution in [0.4, 0.5) is 0 Å². The normalized spacial score (nSPS) is 8.15. The van der Waals surface area contributed by atoms with E-state index < -0.39 is 0 Å². The second-order valence-electron chi connectivity index (χ2n) is 2.73. The number of ether oxygens (including phenoxy) is 1. The van der Waals surface area contributed by atoms with Crippen LogP contribution in [0.2, 0.25) is 0 Å². The maximum Gasteiger partial charge on any atom is 0.311 e. The Bertz CT molecular complexity index is 114. The van der Waals surface area contributed by atoms with E-state index in [1.807, 2.05) is 20.8 Å². The van der Waals surface area contributed by atoms with Gasteiger partial charge in [0, 0.05) is 37.2 Å². The molecule has 2 nitrogen and oxygen atoms in total. The molecule has 0 aliphatic carbocycles. The number of halogens is 2. The minimum atomic E-state index is -0.311. The number of carbonyl (C=O) groups is 1. The van der Waals surface area contributed by atoms with Crippen molar-refractivity contribution in [3.63, 3.8) is 0 Å². The molecule has 0 aromatic carbocycles. The number of esters is 1. The summed E-state index contributed by atoms with van der Waals surface area (Å²) in [4.78, 5) is 10.8. The highest BCUT2D eigenvalue weighted by Gasteiger charge is 2.25. The molecular weight excluding hydrogens is 394 g/mol. The topological polar surface area (TPSA) is 26.3 Å². The highest BCUT2D eigenvalue weighted by Crippen LogP contribution is 2.20. The van der Waals surface area contributed by atoms with Crippen molar-refractivity contribution in [2.24, 2.45) is 5.41 Å². The minimum absolute atomic E-state index is 0. The average molecular weight is 416 g/mol. The van der Waals surface area contributed by atoms with Crippen molar-refractivity contribution in [2.45, 2.75) is 42.0 Å². The van der Waals surface area contributed by atoms with E-state index in [4.69, 9.17) is 0 Å². The standard InChI is InChI=1S/C7H14O2.2CH4.I2/c1-5-7(2,3)6(8)9-4;;;1-2/h5H2,1-4H3;2*1H4;. The summed E-state index contributed by atoms with van der Waals surface area (Å²) < 4.78 is 4.57. The predicted molar refractivity (Wildman–Crippen MR) is 77.6 cm³/mol. The van der Waals surface area contributed by atoms with Gasteiger partial charge in [0.1, 0.15) is 0 Å². The van der Waals surface area contributed by atoms with Gasteiger partial charge in [0.05, 0.1) is 12.5 Å². The molecule has 0 aromatic rings. The lowest BCUT2D eigenvalue weighted by Gasteiger charge is -2.17. The maximum absolute atomic E-state index is 10.8. The second kappa shape index (κ2) is 12.9. The number of hydrogen-bond donors (Lipinski definition) is 0. The molecule has 0 rings (SSSR count). The lowest BCUT2D eigenvalue weighted by molar-refractivity contribution is -0.150. The van der Waals surface area contributed by atoms with E-state index in [-0.39, 0.29) is 26.2 Å². The molecule has 4 heteroatoms. The molecule has 0 saturated carbocycles. The first-order valence-electron chi connectivity index (χ1n) is 3.27. The van der Waals surface area contributed by atoms with Gasteiger partial charge in [-0.05, 0) is 20.3 Å². The van der Waals surface area contributed by atoms with E-state index in [1.54, 1.807) is 0 Å². The van der Waals surface area contributed by atoms with Crippen LogP contribution < -0.4 is 0 Å². The van der Waals surface area contributed by atoms with Crippen LogP contribution in [0.5, 0.6) is 0 Å². The summed E-state index contributed by atoms with van der Waals surface area (Å²) in [6.07, 6.45) is 0.819. The van der Waals surface area contributed by atoms with Crippen LogP contribution in [0.1, 0.15) is 42.0 Å². The van der Waals surface area contributed by atoms with Gasteiger partial charge >= 0.3 is 5.97 Å². The summed E-state index contributed by atoms with van der Waals surface area (Å²) in [5.74, 6) is -0.134. The Morgan fingerprint density at radius 3 is 1.69 bits per heavy atom. The van der Waals surface area contributed by atoms with Crippen molar-refractivity contribution in [3.05, 3.63) is 0 Å². The van der Waals surface area contributed by atoms with Gasteiger partial charge in [-0.15, -0.1) is 0 Å². The van der Waals surface area contributed by atoms with E-state index in [0.29, 0.717) is 0 Å². The molecular formula is C9H22I2O2. The monoisotopic (exact) mass is 416 g/mol. The zero-order chi connectivity index (χ0) is 9.49. The minimum Gasteiger partial charge on any atom is -0.469 e. The lowest BCUT2D eigenvalue weighted by Crippen LogP contribution is -2.24. The fourth-order valence-electron chi connectivity index (χ4n) is 0.421. The molecule has 84 valence electrons. The van der Waals surface area contributed by atoms with Crippen LogP contribution in [0, 0.1) is 5.41 Å². The van der Waals surface area contributed by atoms with Gasteiger partial charge in [0.2, 0.25) is 0 Å². The van der Waals surface area contributed by atoms with Gasteiger partial charge in [-0.2, -0.15) is 0 Å². The van der Waals surface area contributed by atoms with Crippen LogP contribution >= 0.6 is 37.2 Å². The van der Waals surface area contributed by atoms with Gasteiger partial charge in [-0.3, -0.25) is 4.79 Å². The Morgan fingerprint density at radius 1 is 1.31 bits per heavy atom. The van der Waals surface area contributed by atoms with E-state index in [1.165, 1.54) is 7.11 Å². The maximum atomic E-state index is 10.8. The molecule has 0 fully saturated rings. The second-order valence-corrected chi connectivity index (χ2v) is 2.73. The average Bonchev–Trinajstić information content (AvgIpc) is 2.06. The first-order valence-corrected chi connectivity index (χ1v) is 9.56. The summed E-state index contributed by atoms with van der Waals surface area (Å²) in [5.41, 5.74) is -0.311. The Balaban J connectivity index is -0.0000000941. The van der Waals surface area contributed by atoms with Gasteiger partial charge < -0.3 is 4.74 Å². The van der Waals surface area contributed by atoms with Crippen molar-refractivity contribution >= 4 is 43.2 Å². The fraction of sp³-hybridized carbons (Fsp3) is 0.889. The van der Waals surface area contributed by atoms with Crippen LogP contribution in [-0.2, 0) is 9.53 Å². The van der Waals surface area contributed by atoms with Crippen molar-refractivity contribution in [1.82, 2.24) is 0 Å². The molecule has 0 saturated heterocycles. The van der Waals surface area contributed by atoms with Crippen molar-refractivity contribution in [2.75, 3.05) is 7.11 Å². The highest BCUT2D eigenvalue weighted by atomic mass is 128. The Kier molecular flexibility index (Phi) is 23.5. The summed E-state index contributed by atoms with van der Waals surface area (Å²) in [7, 11) is 1.42. The van der Waals surface area contributed by atoms with Crippen molar-refractivity contribution in [3.8, 4) is 0 Å². The SMILES string of the molecule is C.C.CCC(C)(C)C(=O)OC.II. The summed E-state index contributed by atoms with van der Waals surface area (Å²) in [5, 5.41) is 0. The molecule has 0 heterocycles. The van der Waals surface area contributed by atoms with E-state index in [2.05, 4.69) is 42.0 Å². The molecule has 0 aromatic heterocycles. The van der Waals surface area contributed by atoms with Gasteiger partial charge in [0.15, 0.2) is 0 Å².